The highest BCUT2D eigenvalue weighted by molar-refractivity contribution is 5.91. The maximum atomic E-state index is 12.5. The summed E-state index contributed by atoms with van der Waals surface area (Å²) in [6.07, 6.45) is 5.45. The number of hydrogen-bond donors (Lipinski definition) is 1. The van der Waals surface area contributed by atoms with E-state index in [1.165, 1.54) is 25.7 Å². The van der Waals surface area contributed by atoms with Gasteiger partial charge in [0.1, 0.15) is 5.60 Å². The van der Waals surface area contributed by atoms with Crippen LogP contribution in [0.25, 0.3) is 0 Å². The van der Waals surface area contributed by atoms with Crippen LogP contribution in [0.3, 0.4) is 0 Å². The van der Waals surface area contributed by atoms with Crippen LogP contribution in [0, 0.1) is 17.8 Å². The van der Waals surface area contributed by atoms with Crippen LogP contribution in [-0.2, 0) is 16.1 Å². The molecule has 2 saturated carbocycles. The molecule has 2 aliphatic carbocycles. The third-order valence-corrected chi connectivity index (χ3v) is 5.21. The lowest BCUT2D eigenvalue weighted by Gasteiger charge is -2.24. The van der Waals surface area contributed by atoms with E-state index in [2.05, 4.69) is 5.32 Å². The number of nitrogens with one attached hydrogen (secondary N) is 1. The van der Waals surface area contributed by atoms with Gasteiger partial charge in [-0.1, -0.05) is 12.1 Å². The molecule has 0 aliphatic heterocycles. The van der Waals surface area contributed by atoms with E-state index < -0.39 is 5.60 Å². The zero-order valence-electron chi connectivity index (χ0n) is 17.0. The zero-order valence-corrected chi connectivity index (χ0v) is 17.0. The fraction of sp³-hybridized carbons (Fsp3) is 0.636. The second-order valence-electron chi connectivity index (χ2n) is 9.13. The van der Waals surface area contributed by atoms with Gasteiger partial charge >= 0.3 is 6.09 Å². The molecule has 0 radical (unpaired) electrons. The highest BCUT2D eigenvalue weighted by Gasteiger charge is 2.42. The number of rotatable bonds is 7. The Balaban J connectivity index is 1.53. The van der Waals surface area contributed by atoms with Gasteiger partial charge in [0.2, 0.25) is 5.91 Å². The van der Waals surface area contributed by atoms with E-state index in [1.807, 2.05) is 45.0 Å². The van der Waals surface area contributed by atoms with E-state index in [0.29, 0.717) is 18.9 Å². The van der Waals surface area contributed by atoms with Gasteiger partial charge in [0, 0.05) is 25.7 Å². The van der Waals surface area contributed by atoms with Gasteiger partial charge in [-0.25, -0.2) is 4.79 Å². The Morgan fingerprint density at radius 2 is 1.81 bits per heavy atom. The molecule has 0 saturated heterocycles. The average Bonchev–Trinajstić information content (AvgIpc) is 3.45. The van der Waals surface area contributed by atoms with Crippen molar-refractivity contribution in [1.29, 1.82) is 0 Å². The number of benzene rings is 1. The van der Waals surface area contributed by atoms with Crippen LogP contribution < -0.4 is 5.32 Å². The van der Waals surface area contributed by atoms with Gasteiger partial charge in [0.15, 0.2) is 0 Å². The molecule has 3 rings (SSSR count). The van der Waals surface area contributed by atoms with Crippen molar-refractivity contribution in [2.24, 2.45) is 17.8 Å². The van der Waals surface area contributed by atoms with Crippen molar-refractivity contribution >= 4 is 17.7 Å². The molecule has 0 aromatic heterocycles. The third-order valence-electron chi connectivity index (χ3n) is 5.21. The molecule has 0 spiro atoms. The summed E-state index contributed by atoms with van der Waals surface area (Å²) < 4.78 is 5.38. The number of ether oxygens (including phenoxy) is 1. The third kappa shape index (κ3) is 6.26. The number of carbonyl (C=O) groups excluding carboxylic acids is 2. The Morgan fingerprint density at radius 3 is 2.37 bits per heavy atom. The lowest BCUT2D eigenvalue weighted by Crippen LogP contribution is -2.33. The molecule has 1 aromatic carbocycles. The van der Waals surface area contributed by atoms with Crippen molar-refractivity contribution in [3.63, 3.8) is 0 Å². The first kappa shape index (κ1) is 19.7. The molecule has 1 N–H and O–H groups in total. The molecule has 27 heavy (non-hydrogen) atoms. The lowest BCUT2D eigenvalue weighted by molar-refractivity contribution is -0.117. The fourth-order valence-electron chi connectivity index (χ4n) is 3.62. The molecule has 0 atom stereocenters. The summed E-state index contributed by atoms with van der Waals surface area (Å²) in [5, 5.41) is 3.05. The van der Waals surface area contributed by atoms with Crippen LogP contribution >= 0.6 is 0 Å². The molecule has 0 bridgehead atoms. The summed E-state index contributed by atoms with van der Waals surface area (Å²) in [5.74, 6) is 2.23. The molecular formula is C22H32N2O3. The monoisotopic (exact) mass is 372 g/mol. The summed E-state index contributed by atoms with van der Waals surface area (Å²) in [5.41, 5.74) is 1.24. The summed E-state index contributed by atoms with van der Waals surface area (Å²) in [7, 11) is 1.72. The van der Waals surface area contributed by atoms with Gasteiger partial charge in [-0.3, -0.25) is 4.79 Å². The fourth-order valence-corrected chi connectivity index (χ4v) is 3.62. The van der Waals surface area contributed by atoms with Crippen LogP contribution in [0.2, 0.25) is 0 Å². The summed E-state index contributed by atoms with van der Waals surface area (Å²) >= 11 is 0. The Morgan fingerprint density at radius 1 is 1.19 bits per heavy atom. The van der Waals surface area contributed by atoms with Crippen molar-refractivity contribution < 1.29 is 14.3 Å². The maximum absolute atomic E-state index is 12.5. The summed E-state index contributed by atoms with van der Waals surface area (Å²) in [4.78, 5) is 26.2. The second-order valence-corrected chi connectivity index (χ2v) is 9.13. The van der Waals surface area contributed by atoms with E-state index in [9.17, 15) is 9.59 Å². The molecule has 2 fully saturated rings. The predicted octanol–water partition coefficient (Wildman–Crippen LogP) is 4.82. The Kier molecular flexibility index (Phi) is 5.78. The van der Waals surface area contributed by atoms with E-state index in [1.54, 1.807) is 11.9 Å². The normalized spacial score (nSPS) is 16.9. The maximum Gasteiger partial charge on any atom is 0.410 e. The highest BCUT2D eigenvalue weighted by atomic mass is 16.6. The molecule has 0 heterocycles. The smallest absolute Gasteiger partial charge is 0.410 e. The molecule has 148 valence electrons. The van der Waals surface area contributed by atoms with Crippen LogP contribution in [-0.4, -0.2) is 29.5 Å². The van der Waals surface area contributed by atoms with Crippen LogP contribution in [0.4, 0.5) is 10.5 Å². The predicted molar refractivity (Wildman–Crippen MR) is 106 cm³/mol. The number of hydrogen-bond acceptors (Lipinski definition) is 3. The summed E-state index contributed by atoms with van der Waals surface area (Å²) in [6, 6.07) is 7.70. The van der Waals surface area contributed by atoms with E-state index in [-0.39, 0.29) is 12.0 Å². The Labute approximate surface area is 162 Å². The topological polar surface area (TPSA) is 58.6 Å². The van der Waals surface area contributed by atoms with Crippen molar-refractivity contribution in [2.75, 3.05) is 12.4 Å². The van der Waals surface area contributed by atoms with Gasteiger partial charge in [-0.05, 0) is 81.9 Å². The van der Waals surface area contributed by atoms with Gasteiger partial charge in [0.05, 0.1) is 0 Å². The van der Waals surface area contributed by atoms with Crippen molar-refractivity contribution in [1.82, 2.24) is 4.90 Å². The zero-order chi connectivity index (χ0) is 19.6. The molecule has 0 unspecified atom stereocenters. The SMILES string of the molecule is CN(Cc1cccc(NC(=O)CC(C2CC2)C2CC2)c1)C(=O)OC(C)(C)C. The molecule has 2 aliphatic rings. The first-order valence-corrected chi connectivity index (χ1v) is 10.0. The molecule has 2 amide bonds. The molecule has 1 aromatic rings. The minimum Gasteiger partial charge on any atom is -0.444 e. The van der Waals surface area contributed by atoms with Crippen molar-refractivity contribution in [3.05, 3.63) is 29.8 Å². The van der Waals surface area contributed by atoms with Crippen molar-refractivity contribution in [3.8, 4) is 0 Å². The molecular weight excluding hydrogens is 340 g/mol. The first-order valence-electron chi connectivity index (χ1n) is 10.0. The first-order chi connectivity index (χ1) is 12.7. The largest absolute Gasteiger partial charge is 0.444 e. The average molecular weight is 373 g/mol. The molecule has 5 heteroatoms. The number of nitrogens with zero attached hydrogens (tertiary/aromatic N) is 1. The Hall–Kier alpha value is -2.04. The Bertz CT molecular complexity index is 675. The minimum atomic E-state index is -0.513. The number of amides is 2. The highest BCUT2D eigenvalue weighted by Crippen LogP contribution is 2.50. The van der Waals surface area contributed by atoms with Crippen LogP contribution in [0.1, 0.15) is 58.4 Å². The van der Waals surface area contributed by atoms with Gasteiger partial charge in [0.25, 0.3) is 0 Å². The lowest BCUT2D eigenvalue weighted by atomic mass is 9.94. The number of carbonyl (C=O) groups is 2. The van der Waals surface area contributed by atoms with Crippen LogP contribution in [0.5, 0.6) is 0 Å². The van der Waals surface area contributed by atoms with Gasteiger partial charge < -0.3 is 15.0 Å². The molecule has 5 nitrogen and oxygen atoms in total. The summed E-state index contributed by atoms with van der Waals surface area (Å²) in [6.45, 7) is 5.99. The van der Waals surface area contributed by atoms with Crippen LogP contribution in [0.15, 0.2) is 24.3 Å². The van der Waals surface area contributed by atoms with Gasteiger partial charge in [-0.15, -0.1) is 0 Å². The van der Waals surface area contributed by atoms with E-state index in [0.717, 1.165) is 23.1 Å². The van der Waals surface area contributed by atoms with Gasteiger partial charge in [-0.2, -0.15) is 0 Å². The van der Waals surface area contributed by atoms with E-state index in [4.69, 9.17) is 4.74 Å². The number of anilines is 1. The second kappa shape index (κ2) is 7.91. The standard InChI is InChI=1S/C22H32N2O3/c1-22(2,3)27-21(26)24(4)14-15-6-5-7-18(12-15)23-20(25)13-19(16-8-9-16)17-10-11-17/h5-7,12,16-17,19H,8-11,13-14H2,1-4H3,(H,23,25). The van der Waals surface area contributed by atoms with Crippen molar-refractivity contribution in [2.45, 2.75) is 65.0 Å². The quantitative estimate of drug-likeness (QED) is 0.746. The van der Waals surface area contributed by atoms with E-state index >= 15 is 0 Å². The minimum absolute atomic E-state index is 0.108.